The van der Waals surface area contributed by atoms with Crippen molar-refractivity contribution in [3.63, 3.8) is 0 Å². The summed E-state index contributed by atoms with van der Waals surface area (Å²) in [4.78, 5) is 3.95. The molecule has 0 aliphatic heterocycles. The van der Waals surface area contributed by atoms with Crippen LogP contribution in [0.3, 0.4) is 0 Å². The zero-order valence-corrected chi connectivity index (χ0v) is 10.9. The first kappa shape index (κ1) is 13.8. The molecule has 7 heteroatoms. The van der Waals surface area contributed by atoms with Gasteiger partial charge in [0, 0.05) is 16.4 Å². The van der Waals surface area contributed by atoms with Gasteiger partial charge in [-0.15, -0.1) is 0 Å². The minimum Gasteiger partial charge on any atom is -0.340 e. The van der Waals surface area contributed by atoms with Gasteiger partial charge < -0.3 is 5.32 Å². The molecule has 100 valence electrons. The van der Waals surface area contributed by atoms with Crippen molar-refractivity contribution < 1.29 is 17.6 Å². The number of alkyl halides is 3. The van der Waals surface area contributed by atoms with Gasteiger partial charge in [0.15, 0.2) is 0 Å². The molecule has 1 N–H and O–H groups in total. The van der Waals surface area contributed by atoms with Gasteiger partial charge in [-0.05, 0) is 46.3 Å². The van der Waals surface area contributed by atoms with Crippen molar-refractivity contribution in [3.8, 4) is 0 Å². The Balaban J connectivity index is 2.29. The van der Waals surface area contributed by atoms with Crippen molar-refractivity contribution in [1.29, 1.82) is 0 Å². The molecular formula is C12H7BrF4N2. The summed E-state index contributed by atoms with van der Waals surface area (Å²) in [5.74, 6) is -0.940. The number of nitrogens with zero attached hydrogens (tertiary/aromatic N) is 1. The first-order chi connectivity index (χ1) is 8.86. The van der Waals surface area contributed by atoms with Crippen molar-refractivity contribution in [3.05, 3.63) is 52.4 Å². The minimum atomic E-state index is -4.73. The van der Waals surface area contributed by atoms with Gasteiger partial charge in [0.25, 0.3) is 0 Å². The highest BCUT2D eigenvalue weighted by Gasteiger charge is 2.34. The quantitative estimate of drug-likeness (QED) is 0.802. The van der Waals surface area contributed by atoms with Gasteiger partial charge in [0.1, 0.15) is 11.6 Å². The number of hydrogen-bond donors (Lipinski definition) is 1. The second kappa shape index (κ2) is 5.16. The smallest absolute Gasteiger partial charge is 0.340 e. The number of rotatable bonds is 2. The lowest BCUT2D eigenvalue weighted by molar-refractivity contribution is -0.139. The molecule has 0 radical (unpaired) electrons. The summed E-state index contributed by atoms with van der Waals surface area (Å²) < 4.78 is 51.4. The molecule has 0 bridgehead atoms. The third-order valence-electron chi connectivity index (χ3n) is 2.27. The lowest BCUT2D eigenvalue weighted by Crippen LogP contribution is -2.08. The summed E-state index contributed by atoms with van der Waals surface area (Å²) in [6.45, 7) is 0. The van der Waals surface area contributed by atoms with Crippen LogP contribution in [-0.2, 0) is 6.18 Å². The van der Waals surface area contributed by atoms with Gasteiger partial charge >= 0.3 is 6.18 Å². The average Bonchev–Trinajstić information content (AvgIpc) is 2.33. The number of benzene rings is 1. The fourth-order valence-corrected chi connectivity index (χ4v) is 1.65. The molecule has 1 aromatic carbocycles. The molecule has 0 aliphatic rings. The average molecular weight is 335 g/mol. The molecule has 1 heterocycles. The highest BCUT2D eigenvalue weighted by molar-refractivity contribution is 9.10. The molecule has 0 unspecified atom stereocenters. The van der Waals surface area contributed by atoms with Gasteiger partial charge in [0.05, 0.1) is 5.56 Å². The summed E-state index contributed by atoms with van der Waals surface area (Å²) in [6, 6.07) is 5.96. The summed E-state index contributed by atoms with van der Waals surface area (Å²) in [5.41, 5.74) is -1.20. The lowest BCUT2D eigenvalue weighted by atomic mass is 10.2. The van der Waals surface area contributed by atoms with E-state index in [0.717, 1.165) is 10.5 Å². The molecule has 0 spiro atoms. The van der Waals surface area contributed by atoms with Crippen LogP contribution in [0.15, 0.2) is 41.0 Å². The lowest BCUT2D eigenvalue weighted by Gasteiger charge is -2.11. The molecule has 0 amide bonds. The largest absolute Gasteiger partial charge is 0.419 e. The standard InChI is InChI=1S/C12H7BrF4N2/c13-7-1-4-11(18-6-7)19-8-2-3-10(14)9(5-8)12(15,16)17/h1-6H,(H,18,19). The zero-order chi connectivity index (χ0) is 14.0. The van der Waals surface area contributed by atoms with Crippen LogP contribution in [0.25, 0.3) is 0 Å². The molecule has 19 heavy (non-hydrogen) atoms. The Morgan fingerprint density at radius 3 is 2.42 bits per heavy atom. The number of pyridine rings is 1. The zero-order valence-electron chi connectivity index (χ0n) is 9.30. The maximum atomic E-state index is 13.1. The molecular weight excluding hydrogens is 328 g/mol. The highest BCUT2D eigenvalue weighted by Crippen LogP contribution is 2.33. The Morgan fingerprint density at radius 2 is 1.84 bits per heavy atom. The van der Waals surface area contributed by atoms with E-state index in [1.165, 1.54) is 12.3 Å². The number of hydrogen-bond acceptors (Lipinski definition) is 2. The van der Waals surface area contributed by atoms with Gasteiger partial charge in [-0.3, -0.25) is 0 Å². The van der Waals surface area contributed by atoms with E-state index in [0.29, 0.717) is 11.9 Å². The van der Waals surface area contributed by atoms with Crippen molar-refractivity contribution in [1.82, 2.24) is 4.98 Å². The van der Waals surface area contributed by atoms with E-state index in [-0.39, 0.29) is 5.69 Å². The molecule has 2 aromatic rings. The summed E-state index contributed by atoms with van der Waals surface area (Å²) in [7, 11) is 0. The van der Waals surface area contributed by atoms with Crippen LogP contribution in [0.4, 0.5) is 29.1 Å². The highest BCUT2D eigenvalue weighted by atomic mass is 79.9. The van der Waals surface area contributed by atoms with Crippen LogP contribution in [-0.4, -0.2) is 4.98 Å². The Hall–Kier alpha value is -1.63. The first-order valence-electron chi connectivity index (χ1n) is 5.11. The van der Waals surface area contributed by atoms with Crippen LogP contribution in [0.2, 0.25) is 0 Å². The Bertz CT molecular complexity index is 581. The Labute approximate surface area is 114 Å². The van der Waals surface area contributed by atoms with Crippen molar-refractivity contribution in [2.75, 3.05) is 5.32 Å². The molecule has 0 saturated carbocycles. The van der Waals surface area contributed by atoms with Gasteiger partial charge in [-0.25, -0.2) is 9.37 Å². The molecule has 2 rings (SSSR count). The van der Waals surface area contributed by atoms with Gasteiger partial charge in [-0.2, -0.15) is 13.2 Å². The summed E-state index contributed by atoms with van der Waals surface area (Å²) in [6.07, 6.45) is -3.23. The van der Waals surface area contributed by atoms with E-state index in [9.17, 15) is 17.6 Å². The number of halogens is 5. The Kier molecular flexibility index (Phi) is 3.75. The monoisotopic (exact) mass is 334 g/mol. The number of nitrogens with one attached hydrogen (secondary N) is 1. The van der Waals surface area contributed by atoms with E-state index in [4.69, 9.17) is 0 Å². The van der Waals surface area contributed by atoms with E-state index < -0.39 is 17.6 Å². The maximum Gasteiger partial charge on any atom is 0.419 e. The van der Waals surface area contributed by atoms with Crippen LogP contribution >= 0.6 is 15.9 Å². The van der Waals surface area contributed by atoms with Crippen molar-refractivity contribution in [2.24, 2.45) is 0 Å². The van der Waals surface area contributed by atoms with Crippen LogP contribution < -0.4 is 5.32 Å². The van der Waals surface area contributed by atoms with Gasteiger partial charge in [-0.1, -0.05) is 0 Å². The molecule has 0 aliphatic carbocycles. The van der Waals surface area contributed by atoms with E-state index in [1.807, 2.05) is 0 Å². The fraction of sp³-hybridized carbons (Fsp3) is 0.0833. The SMILES string of the molecule is Fc1ccc(Nc2ccc(Br)cn2)cc1C(F)(F)F. The van der Waals surface area contributed by atoms with E-state index in [1.54, 1.807) is 12.1 Å². The maximum absolute atomic E-state index is 13.1. The molecule has 2 nitrogen and oxygen atoms in total. The van der Waals surface area contributed by atoms with E-state index >= 15 is 0 Å². The number of anilines is 2. The summed E-state index contributed by atoms with van der Waals surface area (Å²) >= 11 is 3.19. The van der Waals surface area contributed by atoms with Crippen molar-refractivity contribution in [2.45, 2.75) is 6.18 Å². The predicted molar refractivity (Wildman–Crippen MR) is 66.6 cm³/mol. The second-order valence-corrected chi connectivity index (χ2v) is 4.59. The molecule has 0 atom stereocenters. The number of aromatic nitrogens is 1. The van der Waals surface area contributed by atoms with Crippen molar-refractivity contribution >= 4 is 27.4 Å². The van der Waals surface area contributed by atoms with Crippen LogP contribution in [0, 0.1) is 5.82 Å². The molecule has 1 aromatic heterocycles. The predicted octanol–water partition coefficient (Wildman–Crippen LogP) is 4.75. The minimum absolute atomic E-state index is 0.114. The first-order valence-corrected chi connectivity index (χ1v) is 5.91. The molecule has 0 saturated heterocycles. The van der Waals surface area contributed by atoms with Gasteiger partial charge in [0.2, 0.25) is 0 Å². The fourth-order valence-electron chi connectivity index (χ4n) is 1.42. The molecule has 0 fully saturated rings. The van der Waals surface area contributed by atoms with E-state index in [2.05, 4.69) is 26.2 Å². The van der Waals surface area contributed by atoms with Crippen LogP contribution in [0.5, 0.6) is 0 Å². The summed E-state index contributed by atoms with van der Waals surface area (Å²) in [5, 5.41) is 2.67. The third-order valence-corrected chi connectivity index (χ3v) is 2.74. The third kappa shape index (κ3) is 3.44. The second-order valence-electron chi connectivity index (χ2n) is 3.68. The topological polar surface area (TPSA) is 24.9 Å². The Morgan fingerprint density at radius 1 is 1.11 bits per heavy atom. The normalized spacial score (nSPS) is 11.4. The van der Waals surface area contributed by atoms with Crippen LogP contribution in [0.1, 0.15) is 5.56 Å².